The Hall–Kier alpha value is -1.61. The second-order valence-electron chi connectivity index (χ2n) is 6.66. The Balaban J connectivity index is 3.67. The number of benzene rings is 1. The molecule has 1 aromatic carbocycles. The van der Waals surface area contributed by atoms with E-state index in [1.54, 1.807) is 0 Å². The summed E-state index contributed by atoms with van der Waals surface area (Å²) >= 11 is 0. The molecule has 1 N–H and O–H groups in total. The van der Waals surface area contributed by atoms with Gasteiger partial charge in [0, 0.05) is 5.56 Å². The fraction of sp³-hybridized carbons (Fsp3) is 0.600. The van der Waals surface area contributed by atoms with E-state index in [4.69, 9.17) is 0 Å². The molecular weight excluding hydrogens is 367 g/mol. The Morgan fingerprint density at radius 2 is 1.20 bits per heavy atom. The van der Waals surface area contributed by atoms with Crippen molar-refractivity contribution in [1.29, 1.82) is 0 Å². The number of alkyl halides is 9. The Bertz CT molecular complexity index is 654. The third-order valence-corrected chi connectivity index (χ3v) is 3.62. The van der Waals surface area contributed by atoms with Gasteiger partial charge < -0.3 is 5.11 Å². The van der Waals surface area contributed by atoms with Crippen LogP contribution < -0.4 is 0 Å². The molecule has 0 amide bonds. The quantitative estimate of drug-likeness (QED) is 0.643. The number of phenols is 1. The molecule has 0 fully saturated rings. The topological polar surface area (TPSA) is 20.2 Å². The number of aryl methyl sites for hydroxylation is 1. The van der Waals surface area contributed by atoms with Crippen LogP contribution in [0.15, 0.2) is 12.1 Å². The van der Waals surface area contributed by atoms with Gasteiger partial charge in [0.05, 0.1) is 0 Å². The number of halogens is 9. The minimum absolute atomic E-state index is 0.255. The summed E-state index contributed by atoms with van der Waals surface area (Å²) in [4.78, 5) is 0. The Morgan fingerprint density at radius 3 is 1.56 bits per heavy atom. The van der Waals surface area contributed by atoms with Crippen molar-refractivity contribution in [3.63, 3.8) is 0 Å². The van der Waals surface area contributed by atoms with Crippen LogP contribution in [0.1, 0.15) is 37.5 Å². The van der Waals surface area contributed by atoms with Crippen molar-refractivity contribution in [1.82, 2.24) is 0 Å². The summed E-state index contributed by atoms with van der Waals surface area (Å²) in [5, 5.41) is 9.85. The first-order chi connectivity index (χ1) is 10.8. The fourth-order valence-corrected chi connectivity index (χ4v) is 2.09. The highest BCUT2D eigenvalue weighted by molar-refractivity contribution is 5.48. The van der Waals surface area contributed by atoms with Gasteiger partial charge in [-0.1, -0.05) is 20.8 Å². The summed E-state index contributed by atoms with van der Waals surface area (Å²) in [7, 11) is 0. The summed E-state index contributed by atoms with van der Waals surface area (Å²) in [6.07, 6.45) is -6.88. The molecule has 0 heterocycles. The molecule has 0 atom stereocenters. The van der Waals surface area contributed by atoms with Gasteiger partial charge in [-0.3, -0.25) is 0 Å². The first-order valence-corrected chi connectivity index (χ1v) is 6.83. The van der Waals surface area contributed by atoms with Crippen LogP contribution in [0.25, 0.3) is 0 Å². The summed E-state index contributed by atoms with van der Waals surface area (Å²) < 4.78 is 118. The van der Waals surface area contributed by atoms with Gasteiger partial charge in [-0.2, -0.15) is 39.5 Å². The normalized spacial score (nSPS) is 14.8. The van der Waals surface area contributed by atoms with E-state index >= 15 is 0 Å². The maximum Gasteiger partial charge on any atom is 0.460 e. The smallest absolute Gasteiger partial charge is 0.460 e. The third kappa shape index (κ3) is 3.27. The molecule has 0 unspecified atom stereocenters. The van der Waals surface area contributed by atoms with Gasteiger partial charge in [0.15, 0.2) is 0 Å². The first kappa shape index (κ1) is 21.4. The molecular formula is C15H15F9O. The zero-order valence-corrected chi connectivity index (χ0v) is 13.5. The number of hydrogen-bond donors (Lipinski definition) is 1. The van der Waals surface area contributed by atoms with Gasteiger partial charge in [-0.25, -0.2) is 0 Å². The summed E-state index contributed by atoms with van der Waals surface area (Å²) in [6.45, 7) is 5.26. The molecule has 1 aromatic rings. The standard InChI is InChI=1S/C15H15F9O/c1-7-5-8(6-9(10(7)25)11(2,3)4)12(16,17)13(18,19)14(20,21)15(22,23)24/h5-6,25H,1-4H3. The molecule has 0 saturated carbocycles. The Morgan fingerprint density at radius 1 is 0.760 bits per heavy atom. The van der Waals surface area contributed by atoms with Crippen LogP contribution in [0.2, 0.25) is 0 Å². The van der Waals surface area contributed by atoms with Gasteiger partial charge in [-0.15, -0.1) is 0 Å². The van der Waals surface area contributed by atoms with Gasteiger partial charge >= 0.3 is 23.9 Å². The van der Waals surface area contributed by atoms with E-state index in [1.807, 2.05) is 0 Å². The molecule has 144 valence electrons. The minimum Gasteiger partial charge on any atom is -0.507 e. The molecule has 1 nitrogen and oxygen atoms in total. The van der Waals surface area contributed by atoms with Crippen LogP contribution in [-0.2, 0) is 11.3 Å². The predicted octanol–water partition coefficient (Wildman–Crippen LogP) is 5.92. The first-order valence-electron chi connectivity index (χ1n) is 6.83. The molecule has 0 aliphatic heterocycles. The van der Waals surface area contributed by atoms with E-state index in [0.717, 1.165) is 6.92 Å². The van der Waals surface area contributed by atoms with E-state index in [9.17, 15) is 44.6 Å². The number of aromatic hydroxyl groups is 1. The summed E-state index contributed by atoms with van der Waals surface area (Å²) in [5.74, 6) is -20.1. The van der Waals surface area contributed by atoms with Crippen LogP contribution in [-0.4, -0.2) is 23.1 Å². The highest BCUT2D eigenvalue weighted by atomic mass is 19.4. The maximum atomic E-state index is 14.0. The van der Waals surface area contributed by atoms with E-state index < -0.39 is 40.7 Å². The highest BCUT2D eigenvalue weighted by Crippen LogP contribution is 2.57. The average Bonchev–Trinajstić information content (AvgIpc) is 2.38. The van der Waals surface area contributed by atoms with Crippen molar-refractivity contribution in [3.05, 3.63) is 28.8 Å². The fourth-order valence-electron chi connectivity index (χ4n) is 2.09. The minimum atomic E-state index is -6.96. The lowest BCUT2D eigenvalue weighted by Gasteiger charge is -2.34. The summed E-state index contributed by atoms with van der Waals surface area (Å²) in [6, 6.07) is 0.563. The van der Waals surface area contributed by atoms with E-state index in [-0.39, 0.29) is 17.2 Å². The van der Waals surface area contributed by atoms with E-state index in [0.29, 0.717) is 6.07 Å². The van der Waals surface area contributed by atoms with Crippen LogP contribution in [0.3, 0.4) is 0 Å². The van der Waals surface area contributed by atoms with Gasteiger partial charge in [0.1, 0.15) is 5.75 Å². The SMILES string of the molecule is Cc1cc(C(F)(F)C(F)(F)C(F)(F)C(F)(F)F)cc(C(C)(C)C)c1O. The van der Waals surface area contributed by atoms with Crippen molar-refractivity contribution in [3.8, 4) is 5.75 Å². The monoisotopic (exact) mass is 382 g/mol. The second-order valence-corrected chi connectivity index (χ2v) is 6.66. The molecule has 0 spiro atoms. The predicted molar refractivity (Wildman–Crippen MR) is 71.4 cm³/mol. The molecule has 0 bridgehead atoms. The lowest BCUT2D eigenvalue weighted by atomic mass is 9.82. The summed E-state index contributed by atoms with van der Waals surface area (Å²) in [5.41, 5.74) is -3.48. The Labute approximate surface area is 137 Å². The number of rotatable bonds is 3. The van der Waals surface area contributed by atoms with Crippen molar-refractivity contribution in [2.75, 3.05) is 0 Å². The van der Waals surface area contributed by atoms with E-state index in [1.165, 1.54) is 20.8 Å². The zero-order valence-electron chi connectivity index (χ0n) is 13.5. The largest absolute Gasteiger partial charge is 0.507 e. The van der Waals surface area contributed by atoms with Crippen LogP contribution in [0, 0.1) is 6.92 Å². The molecule has 10 heteroatoms. The molecule has 0 radical (unpaired) electrons. The number of phenolic OH excluding ortho intramolecular Hbond substituents is 1. The van der Waals surface area contributed by atoms with Crippen LogP contribution in [0.4, 0.5) is 39.5 Å². The molecule has 0 aromatic heterocycles. The average molecular weight is 382 g/mol. The second kappa shape index (κ2) is 5.70. The van der Waals surface area contributed by atoms with Gasteiger partial charge in [0.2, 0.25) is 0 Å². The Kier molecular flexibility index (Phi) is 4.89. The van der Waals surface area contributed by atoms with Gasteiger partial charge in [0.25, 0.3) is 0 Å². The van der Waals surface area contributed by atoms with Crippen molar-refractivity contribution in [2.24, 2.45) is 0 Å². The van der Waals surface area contributed by atoms with Crippen LogP contribution >= 0.6 is 0 Å². The number of hydrogen-bond acceptors (Lipinski definition) is 1. The molecule has 0 aliphatic carbocycles. The van der Waals surface area contributed by atoms with E-state index in [2.05, 4.69) is 0 Å². The molecule has 1 rings (SSSR count). The third-order valence-electron chi connectivity index (χ3n) is 3.62. The lowest BCUT2D eigenvalue weighted by molar-refractivity contribution is -0.399. The van der Waals surface area contributed by atoms with Crippen molar-refractivity contribution >= 4 is 0 Å². The van der Waals surface area contributed by atoms with Crippen molar-refractivity contribution < 1.29 is 44.6 Å². The van der Waals surface area contributed by atoms with Crippen molar-refractivity contribution in [2.45, 2.75) is 57.1 Å². The maximum absolute atomic E-state index is 14.0. The molecule has 0 saturated heterocycles. The highest BCUT2D eigenvalue weighted by Gasteiger charge is 2.82. The van der Waals surface area contributed by atoms with Gasteiger partial charge in [-0.05, 0) is 35.6 Å². The van der Waals surface area contributed by atoms with Crippen LogP contribution in [0.5, 0.6) is 5.75 Å². The molecule has 0 aliphatic rings. The lowest BCUT2D eigenvalue weighted by Crippen LogP contribution is -2.59. The molecule has 25 heavy (non-hydrogen) atoms. The zero-order chi connectivity index (χ0) is 20.2.